The number of likely N-dealkylation sites (tertiary alicyclic amines) is 1. The number of rotatable bonds is 3. The molecule has 0 amide bonds. The van der Waals surface area contributed by atoms with Gasteiger partial charge in [0.05, 0.1) is 17.4 Å². The second-order valence-electron chi connectivity index (χ2n) is 5.94. The summed E-state index contributed by atoms with van der Waals surface area (Å²) in [5.41, 5.74) is 0.750. The molecule has 0 spiro atoms. The Bertz CT molecular complexity index is 683. The van der Waals surface area contributed by atoms with Crippen molar-refractivity contribution in [3.63, 3.8) is 0 Å². The molecule has 2 atom stereocenters. The van der Waals surface area contributed by atoms with Crippen molar-refractivity contribution in [3.8, 4) is 0 Å². The standard InChI is InChI=1S/C16H18F3N3O/c1-21-6-5-13(20-21)9-22-10-14(23)8-15(22)11-3-2-4-12(7-11)16(17,18)19/h2-7,14-15,23H,8-10H2,1H3/t14-,15+/m0/s1. The summed E-state index contributed by atoms with van der Waals surface area (Å²) in [6.45, 7) is 0.927. The molecule has 1 N–H and O–H groups in total. The number of benzene rings is 1. The summed E-state index contributed by atoms with van der Waals surface area (Å²) in [5.74, 6) is 0. The molecule has 0 unspecified atom stereocenters. The number of nitrogens with zero attached hydrogens (tertiary/aromatic N) is 3. The number of aliphatic hydroxyl groups excluding tert-OH is 1. The molecule has 1 aliphatic heterocycles. The Morgan fingerprint density at radius 2 is 2.09 bits per heavy atom. The summed E-state index contributed by atoms with van der Waals surface area (Å²) in [7, 11) is 1.81. The lowest BCUT2D eigenvalue weighted by atomic mass is 10.0. The van der Waals surface area contributed by atoms with Crippen LogP contribution in [0.15, 0.2) is 36.5 Å². The highest BCUT2D eigenvalue weighted by atomic mass is 19.4. The Labute approximate surface area is 132 Å². The van der Waals surface area contributed by atoms with Crippen molar-refractivity contribution >= 4 is 0 Å². The predicted molar refractivity (Wildman–Crippen MR) is 78.4 cm³/mol. The first kappa shape index (κ1) is 16.0. The predicted octanol–water partition coefficient (Wildman–Crippen LogP) is 2.75. The number of β-amino-alcohol motifs (C(OH)–C–C–N with tert-alkyl or cyclic N) is 1. The van der Waals surface area contributed by atoms with E-state index in [-0.39, 0.29) is 6.04 Å². The zero-order chi connectivity index (χ0) is 16.6. The molecule has 23 heavy (non-hydrogen) atoms. The van der Waals surface area contributed by atoms with Gasteiger partial charge in [-0.2, -0.15) is 18.3 Å². The van der Waals surface area contributed by atoms with Crippen LogP contribution in [0.2, 0.25) is 0 Å². The molecule has 3 rings (SSSR count). The molecular formula is C16H18F3N3O. The van der Waals surface area contributed by atoms with Crippen molar-refractivity contribution in [2.45, 2.75) is 31.3 Å². The van der Waals surface area contributed by atoms with E-state index in [2.05, 4.69) is 5.10 Å². The Hall–Kier alpha value is -1.86. The maximum absolute atomic E-state index is 12.9. The average Bonchev–Trinajstić information content (AvgIpc) is 3.04. The smallest absolute Gasteiger partial charge is 0.392 e. The van der Waals surface area contributed by atoms with Crippen molar-refractivity contribution in [1.82, 2.24) is 14.7 Å². The molecule has 0 radical (unpaired) electrons. The van der Waals surface area contributed by atoms with Crippen LogP contribution >= 0.6 is 0 Å². The van der Waals surface area contributed by atoms with Crippen LogP contribution in [0.3, 0.4) is 0 Å². The van der Waals surface area contributed by atoms with Gasteiger partial charge >= 0.3 is 6.18 Å². The third-order valence-corrected chi connectivity index (χ3v) is 4.11. The van der Waals surface area contributed by atoms with Crippen LogP contribution in [0.5, 0.6) is 0 Å². The number of aromatic nitrogens is 2. The van der Waals surface area contributed by atoms with E-state index in [0.717, 1.165) is 11.8 Å². The minimum atomic E-state index is -4.36. The van der Waals surface area contributed by atoms with Gasteiger partial charge < -0.3 is 5.11 Å². The SMILES string of the molecule is Cn1ccc(CN2C[C@@H](O)C[C@@H]2c2cccc(C(F)(F)F)c2)n1. The molecule has 7 heteroatoms. The van der Waals surface area contributed by atoms with Crippen LogP contribution in [0.25, 0.3) is 0 Å². The first-order valence-corrected chi connectivity index (χ1v) is 7.41. The van der Waals surface area contributed by atoms with Crippen molar-refractivity contribution in [2.75, 3.05) is 6.54 Å². The Morgan fingerprint density at radius 1 is 1.30 bits per heavy atom. The average molecular weight is 325 g/mol. The molecule has 0 aliphatic carbocycles. The lowest BCUT2D eigenvalue weighted by Gasteiger charge is -2.24. The molecule has 2 aromatic rings. The van der Waals surface area contributed by atoms with Gasteiger partial charge in [-0.25, -0.2) is 0 Å². The van der Waals surface area contributed by atoms with Gasteiger partial charge in [-0.05, 0) is 30.2 Å². The van der Waals surface area contributed by atoms with E-state index in [4.69, 9.17) is 0 Å². The van der Waals surface area contributed by atoms with Crippen LogP contribution in [-0.2, 0) is 19.8 Å². The largest absolute Gasteiger partial charge is 0.416 e. The topological polar surface area (TPSA) is 41.3 Å². The Balaban J connectivity index is 1.84. The van der Waals surface area contributed by atoms with Gasteiger partial charge in [0.1, 0.15) is 0 Å². The quantitative estimate of drug-likeness (QED) is 0.943. The highest BCUT2D eigenvalue weighted by Crippen LogP contribution is 2.36. The van der Waals surface area contributed by atoms with Crippen molar-refractivity contribution in [2.24, 2.45) is 7.05 Å². The van der Waals surface area contributed by atoms with Gasteiger partial charge in [-0.1, -0.05) is 12.1 Å². The maximum atomic E-state index is 12.9. The summed E-state index contributed by atoms with van der Waals surface area (Å²) >= 11 is 0. The van der Waals surface area contributed by atoms with E-state index in [1.807, 2.05) is 24.2 Å². The number of aryl methyl sites for hydroxylation is 1. The van der Waals surface area contributed by atoms with E-state index in [1.165, 1.54) is 12.1 Å². The van der Waals surface area contributed by atoms with Crippen LogP contribution < -0.4 is 0 Å². The molecule has 0 bridgehead atoms. The van der Waals surface area contributed by atoms with E-state index in [1.54, 1.807) is 10.7 Å². The fourth-order valence-electron chi connectivity index (χ4n) is 3.08. The number of hydrogen-bond donors (Lipinski definition) is 1. The van der Waals surface area contributed by atoms with E-state index in [0.29, 0.717) is 25.1 Å². The van der Waals surface area contributed by atoms with Crippen LogP contribution in [0, 0.1) is 0 Å². The monoisotopic (exact) mass is 325 g/mol. The van der Waals surface area contributed by atoms with Gasteiger partial charge in [0.2, 0.25) is 0 Å². The molecule has 1 fully saturated rings. The summed E-state index contributed by atoms with van der Waals surface area (Å²) in [6.07, 6.45) is -2.66. The minimum Gasteiger partial charge on any atom is -0.392 e. The molecule has 4 nitrogen and oxygen atoms in total. The van der Waals surface area contributed by atoms with Crippen LogP contribution in [-0.4, -0.2) is 32.4 Å². The lowest BCUT2D eigenvalue weighted by Crippen LogP contribution is -2.25. The van der Waals surface area contributed by atoms with Crippen molar-refractivity contribution in [1.29, 1.82) is 0 Å². The summed E-state index contributed by atoms with van der Waals surface area (Å²) in [6, 6.07) is 6.97. The van der Waals surface area contributed by atoms with Gasteiger partial charge in [0.25, 0.3) is 0 Å². The van der Waals surface area contributed by atoms with E-state index in [9.17, 15) is 18.3 Å². The number of alkyl halides is 3. The highest BCUT2D eigenvalue weighted by molar-refractivity contribution is 5.29. The fraction of sp³-hybridized carbons (Fsp3) is 0.438. The first-order chi connectivity index (χ1) is 10.8. The Kier molecular flexibility index (Phi) is 4.16. The Morgan fingerprint density at radius 3 is 2.74 bits per heavy atom. The number of hydrogen-bond acceptors (Lipinski definition) is 3. The second kappa shape index (κ2) is 5.98. The summed E-state index contributed by atoms with van der Waals surface area (Å²) in [5, 5.41) is 14.3. The first-order valence-electron chi connectivity index (χ1n) is 7.41. The second-order valence-corrected chi connectivity index (χ2v) is 5.94. The molecule has 1 saturated heterocycles. The molecule has 2 heterocycles. The van der Waals surface area contributed by atoms with Crippen LogP contribution in [0.4, 0.5) is 13.2 Å². The molecular weight excluding hydrogens is 307 g/mol. The van der Waals surface area contributed by atoms with Gasteiger partial charge in [0, 0.05) is 32.4 Å². The molecule has 0 saturated carbocycles. The summed E-state index contributed by atoms with van der Waals surface area (Å²) < 4.78 is 40.4. The van der Waals surface area contributed by atoms with E-state index >= 15 is 0 Å². The maximum Gasteiger partial charge on any atom is 0.416 e. The van der Waals surface area contributed by atoms with Crippen molar-refractivity contribution in [3.05, 3.63) is 53.3 Å². The fourth-order valence-corrected chi connectivity index (χ4v) is 3.08. The minimum absolute atomic E-state index is 0.241. The van der Waals surface area contributed by atoms with Gasteiger partial charge in [-0.15, -0.1) is 0 Å². The molecule has 1 aromatic heterocycles. The molecule has 124 valence electrons. The normalized spacial score (nSPS) is 22.7. The lowest BCUT2D eigenvalue weighted by molar-refractivity contribution is -0.137. The zero-order valence-electron chi connectivity index (χ0n) is 12.7. The molecule has 1 aromatic carbocycles. The molecule has 1 aliphatic rings. The number of aliphatic hydroxyl groups is 1. The van der Waals surface area contributed by atoms with Crippen LogP contribution in [0.1, 0.15) is 29.3 Å². The third-order valence-electron chi connectivity index (χ3n) is 4.11. The van der Waals surface area contributed by atoms with E-state index < -0.39 is 17.8 Å². The van der Waals surface area contributed by atoms with Gasteiger partial charge in [0.15, 0.2) is 0 Å². The van der Waals surface area contributed by atoms with Gasteiger partial charge in [-0.3, -0.25) is 9.58 Å². The third kappa shape index (κ3) is 3.56. The number of halogens is 3. The highest BCUT2D eigenvalue weighted by Gasteiger charge is 2.35. The van der Waals surface area contributed by atoms with Crippen molar-refractivity contribution < 1.29 is 18.3 Å². The summed E-state index contributed by atoms with van der Waals surface area (Å²) in [4.78, 5) is 1.97. The zero-order valence-corrected chi connectivity index (χ0v) is 12.7.